The second-order valence-corrected chi connectivity index (χ2v) is 3.28. The molecule has 0 aliphatic rings. The van der Waals surface area contributed by atoms with Crippen molar-refractivity contribution >= 4 is 17.8 Å². The number of carboxylic acid groups (broad SMARTS) is 2. The van der Waals surface area contributed by atoms with E-state index in [1.165, 1.54) is 12.4 Å². The van der Waals surface area contributed by atoms with Crippen molar-refractivity contribution in [3.05, 3.63) is 18.0 Å². The number of rotatable bonds is 6. The van der Waals surface area contributed by atoms with E-state index in [1.807, 2.05) is 0 Å². The van der Waals surface area contributed by atoms with Crippen LogP contribution in [0.25, 0.3) is 0 Å². The maximum atomic E-state index is 11.5. The molecule has 0 fully saturated rings. The van der Waals surface area contributed by atoms with Crippen molar-refractivity contribution in [2.75, 3.05) is 0 Å². The third-order valence-corrected chi connectivity index (χ3v) is 2.01. The fraction of sp³-hybridized carbons (Fsp3) is 0.333. The van der Waals surface area contributed by atoms with Gasteiger partial charge < -0.3 is 15.5 Å². The molecule has 0 saturated carbocycles. The average Bonchev–Trinajstić information content (AvgIpc) is 2.76. The number of hydrogen-bond donors (Lipinski definition) is 4. The van der Waals surface area contributed by atoms with Gasteiger partial charge in [0.1, 0.15) is 6.04 Å². The number of H-pyrrole nitrogens is 1. The normalized spacial score (nSPS) is 11.8. The van der Waals surface area contributed by atoms with Crippen molar-refractivity contribution in [2.45, 2.75) is 18.9 Å². The largest absolute Gasteiger partial charge is 0.481 e. The van der Waals surface area contributed by atoms with Crippen molar-refractivity contribution in [3.8, 4) is 0 Å². The van der Waals surface area contributed by atoms with Gasteiger partial charge in [-0.1, -0.05) is 0 Å². The molecule has 0 aromatic carbocycles. The number of hydrogen-bond acceptors (Lipinski definition) is 4. The van der Waals surface area contributed by atoms with Gasteiger partial charge in [0.25, 0.3) is 5.91 Å². The Kier molecular flexibility index (Phi) is 4.21. The third-order valence-electron chi connectivity index (χ3n) is 2.01. The lowest BCUT2D eigenvalue weighted by Gasteiger charge is -2.12. The van der Waals surface area contributed by atoms with Crippen molar-refractivity contribution in [2.24, 2.45) is 0 Å². The molecule has 8 nitrogen and oxygen atoms in total. The van der Waals surface area contributed by atoms with Crippen LogP contribution in [-0.2, 0) is 9.59 Å². The standard InChI is InChI=1S/C9H11N3O5/c13-7(14)2-1-6(9(16)17)12-8(15)5-3-10-11-4-5/h3-4,6H,1-2H2,(H,10,11)(H,12,15)(H,13,14)(H,16,17). The van der Waals surface area contributed by atoms with E-state index < -0.39 is 23.9 Å². The van der Waals surface area contributed by atoms with Crippen LogP contribution in [-0.4, -0.2) is 44.3 Å². The monoisotopic (exact) mass is 241 g/mol. The zero-order chi connectivity index (χ0) is 12.8. The molecule has 0 aliphatic carbocycles. The predicted molar refractivity (Wildman–Crippen MR) is 54.3 cm³/mol. The van der Waals surface area contributed by atoms with Crippen LogP contribution in [0.4, 0.5) is 0 Å². The topological polar surface area (TPSA) is 132 Å². The molecule has 1 atom stereocenters. The Balaban J connectivity index is 2.58. The van der Waals surface area contributed by atoms with E-state index in [9.17, 15) is 14.4 Å². The van der Waals surface area contributed by atoms with Gasteiger partial charge in [-0.05, 0) is 6.42 Å². The Bertz CT molecular complexity index is 414. The van der Waals surface area contributed by atoms with Crippen molar-refractivity contribution in [3.63, 3.8) is 0 Å². The molecular formula is C9H11N3O5. The number of carbonyl (C=O) groups excluding carboxylic acids is 1. The average molecular weight is 241 g/mol. The highest BCUT2D eigenvalue weighted by Gasteiger charge is 2.21. The van der Waals surface area contributed by atoms with Gasteiger partial charge in [0.15, 0.2) is 0 Å². The van der Waals surface area contributed by atoms with Crippen LogP contribution < -0.4 is 5.32 Å². The van der Waals surface area contributed by atoms with E-state index >= 15 is 0 Å². The van der Waals surface area contributed by atoms with Crippen LogP contribution in [0.5, 0.6) is 0 Å². The summed E-state index contributed by atoms with van der Waals surface area (Å²) in [6.07, 6.45) is 2.05. The zero-order valence-corrected chi connectivity index (χ0v) is 8.71. The minimum atomic E-state index is -1.27. The molecule has 1 heterocycles. The first-order valence-electron chi connectivity index (χ1n) is 4.75. The maximum absolute atomic E-state index is 11.5. The Hall–Kier alpha value is -2.38. The summed E-state index contributed by atoms with van der Waals surface area (Å²) in [7, 11) is 0. The summed E-state index contributed by atoms with van der Waals surface area (Å²) in [5, 5.41) is 25.4. The summed E-state index contributed by atoms with van der Waals surface area (Å²) < 4.78 is 0. The van der Waals surface area contributed by atoms with E-state index in [0.29, 0.717) is 0 Å². The van der Waals surface area contributed by atoms with E-state index in [0.717, 1.165) is 0 Å². The quantitative estimate of drug-likeness (QED) is 0.528. The highest BCUT2D eigenvalue weighted by Crippen LogP contribution is 2.01. The third kappa shape index (κ3) is 3.93. The predicted octanol–water partition coefficient (Wildman–Crippen LogP) is -0.542. The van der Waals surface area contributed by atoms with Gasteiger partial charge in [-0.2, -0.15) is 5.10 Å². The highest BCUT2D eigenvalue weighted by atomic mass is 16.4. The fourth-order valence-electron chi connectivity index (χ4n) is 1.14. The number of carbonyl (C=O) groups is 3. The van der Waals surface area contributed by atoms with Crippen LogP contribution in [0.2, 0.25) is 0 Å². The highest BCUT2D eigenvalue weighted by molar-refractivity contribution is 5.96. The van der Waals surface area contributed by atoms with Gasteiger partial charge in [-0.25, -0.2) is 4.79 Å². The molecule has 1 aromatic heterocycles. The zero-order valence-electron chi connectivity index (χ0n) is 8.71. The fourth-order valence-corrected chi connectivity index (χ4v) is 1.14. The molecule has 4 N–H and O–H groups in total. The Morgan fingerprint density at radius 1 is 1.41 bits per heavy atom. The first-order chi connectivity index (χ1) is 8.00. The number of aromatic amines is 1. The minimum absolute atomic E-state index is 0.172. The molecule has 1 aromatic rings. The van der Waals surface area contributed by atoms with Crippen LogP contribution >= 0.6 is 0 Å². The van der Waals surface area contributed by atoms with Crippen LogP contribution in [0, 0.1) is 0 Å². The lowest BCUT2D eigenvalue weighted by atomic mass is 10.1. The lowest BCUT2D eigenvalue weighted by Crippen LogP contribution is -2.41. The molecule has 1 unspecified atom stereocenters. The van der Waals surface area contributed by atoms with Crippen LogP contribution in [0.3, 0.4) is 0 Å². The Morgan fingerprint density at radius 3 is 2.59 bits per heavy atom. The molecule has 0 bridgehead atoms. The van der Waals surface area contributed by atoms with Crippen LogP contribution in [0.1, 0.15) is 23.2 Å². The maximum Gasteiger partial charge on any atom is 0.326 e. The molecular weight excluding hydrogens is 230 g/mol. The Labute approximate surface area is 95.6 Å². The Morgan fingerprint density at radius 2 is 2.12 bits per heavy atom. The van der Waals surface area contributed by atoms with Gasteiger partial charge in [0.2, 0.25) is 0 Å². The van der Waals surface area contributed by atoms with Gasteiger partial charge in [-0.15, -0.1) is 0 Å². The van der Waals surface area contributed by atoms with Crippen molar-refractivity contribution in [1.82, 2.24) is 15.5 Å². The lowest BCUT2D eigenvalue weighted by molar-refractivity contribution is -0.140. The molecule has 1 rings (SSSR count). The summed E-state index contributed by atoms with van der Waals surface area (Å²) in [6.45, 7) is 0. The molecule has 17 heavy (non-hydrogen) atoms. The van der Waals surface area contributed by atoms with E-state index in [1.54, 1.807) is 0 Å². The van der Waals surface area contributed by atoms with E-state index in [4.69, 9.17) is 10.2 Å². The second-order valence-electron chi connectivity index (χ2n) is 3.28. The summed E-state index contributed by atoms with van der Waals surface area (Å²) >= 11 is 0. The van der Waals surface area contributed by atoms with Crippen molar-refractivity contribution < 1.29 is 24.6 Å². The first-order valence-corrected chi connectivity index (χ1v) is 4.75. The molecule has 0 spiro atoms. The number of carboxylic acids is 2. The number of nitrogens with one attached hydrogen (secondary N) is 2. The summed E-state index contributed by atoms with van der Waals surface area (Å²) in [6, 6.07) is -1.23. The molecule has 0 saturated heterocycles. The van der Waals surface area contributed by atoms with Gasteiger partial charge in [0, 0.05) is 12.6 Å². The summed E-state index contributed by atoms with van der Waals surface area (Å²) in [5.74, 6) is -3.01. The molecule has 8 heteroatoms. The molecule has 92 valence electrons. The van der Waals surface area contributed by atoms with Gasteiger partial charge in [0.05, 0.1) is 11.8 Å². The van der Waals surface area contributed by atoms with Gasteiger partial charge >= 0.3 is 11.9 Å². The van der Waals surface area contributed by atoms with Crippen molar-refractivity contribution in [1.29, 1.82) is 0 Å². The number of amides is 1. The molecule has 1 amide bonds. The molecule has 0 aliphatic heterocycles. The van der Waals surface area contributed by atoms with Crippen LogP contribution in [0.15, 0.2) is 12.4 Å². The SMILES string of the molecule is O=C(O)CCC(NC(=O)c1cn[nH]c1)C(=O)O. The smallest absolute Gasteiger partial charge is 0.326 e. The first kappa shape index (κ1) is 12.7. The number of nitrogens with zero attached hydrogens (tertiary/aromatic N) is 1. The number of aromatic nitrogens is 2. The van der Waals surface area contributed by atoms with E-state index in [2.05, 4.69) is 15.5 Å². The van der Waals surface area contributed by atoms with Gasteiger partial charge in [-0.3, -0.25) is 14.7 Å². The molecule has 0 radical (unpaired) electrons. The summed E-state index contributed by atoms with van der Waals surface area (Å²) in [4.78, 5) is 32.6. The van der Waals surface area contributed by atoms with E-state index in [-0.39, 0.29) is 18.4 Å². The number of aliphatic carboxylic acids is 2. The minimum Gasteiger partial charge on any atom is -0.481 e. The summed E-state index contributed by atoms with van der Waals surface area (Å²) in [5.41, 5.74) is 0.187. The second kappa shape index (κ2) is 5.64.